The van der Waals surface area contributed by atoms with Crippen molar-refractivity contribution in [3.8, 4) is 34.8 Å². The van der Waals surface area contributed by atoms with Crippen LogP contribution < -0.4 is 23.7 Å². The monoisotopic (exact) mass is 675 g/mol. The molecule has 1 fully saturated rings. The van der Waals surface area contributed by atoms with Gasteiger partial charge in [-0.1, -0.05) is 44.0 Å². The third kappa shape index (κ3) is 6.52. The van der Waals surface area contributed by atoms with Crippen molar-refractivity contribution in [1.29, 1.82) is 5.26 Å². The summed E-state index contributed by atoms with van der Waals surface area (Å²) in [5, 5.41) is 22.2. The van der Waals surface area contributed by atoms with Crippen LogP contribution in [0.15, 0.2) is 44.0 Å². The van der Waals surface area contributed by atoms with Gasteiger partial charge in [-0.15, -0.1) is 0 Å². The SMILES string of the molecule is C=CCOc1c(C)c(OCC=C)c(OCC=C)c2c1C[C@H]1[C@H]3c4c(cc(C)c(OC)c4OCOCCOC)CC([C@H](C#N)N1[C@H]2CO)N3C. The molecule has 1 N–H and O–H groups in total. The van der Waals surface area contributed by atoms with E-state index in [1.165, 1.54) is 0 Å². The lowest BCUT2D eigenvalue weighted by Gasteiger charge is -2.60. The first-order chi connectivity index (χ1) is 23.8. The number of likely N-dealkylation sites (N-methyl/N-ethyl adjacent to an activating group) is 1. The van der Waals surface area contributed by atoms with Crippen LogP contribution in [0.4, 0.5) is 0 Å². The minimum atomic E-state index is -0.606. The van der Waals surface area contributed by atoms with Crippen molar-refractivity contribution >= 4 is 0 Å². The second-order valence-electron chi connectivity index (χ2n) is 12.5. The number of methoxy groups -OCH3 is 2. The van der Waals surface area contributed by atoms with Crippen LogP contribution in [0.1, 0.15) is 45.5 Å². The fourth-order valence-corrected chi connectivity index (χ4v) is 7.90. The molecular formula is C38H49N3O8. The number of aryl methyl sites for hydroxylation is 1. The van der Waals surface area contributed by atoms with Crippen LogP contribution in [0.3, 0.4) is 0 Å². The number of aliphatic hydroxyl groups is 1. The van der Waals surface area contributed by atoms with E-state index >= 15 is 0 Å². The van der Waals surface area contributed by atoms with Crippen LogP contribution >= 0.6 is 0 Å². The highest BCUT2D eigenvalue weighted by Crippen LogP contribution is 2.58. The summed E-state index contributed by atoms with van der Waals surface area (Å²) in [6, 6.07) is 2.97. The van der Waals surface area contributed by atoms with Gasteiger partial charge >= 0.3 is 0 Å². The van der Waals surface area contributed by atoms with Gasteiger partial charge in [0.1, 0.15) is 31.6 Å². The zero-order valence-corrected chi connectivity index (χ0v) is 29.3. The summed E-state index contributed by atoms with van der Waals surface area (Å²) in [4.78, 5) is 4.47. The number of aliphatic hydroxyl groups excluding tert-OH is 1. The maximum absolute atomic E-state index is 11.3. The van der Waals surface area contributed by atoms with E-state index in [9.17, 15) is 10.4 Å². The summed E-state index contributed by atoms with van der Waals surface area (Å²) in [6.45, 7) is 16.8. The zero-order chi connectivity index (χ0) is 35.2. The zero-order valence-electron chi connectivity index (χ0n) is 29.3. The van der Waals surface area contributed by atoms with E-state index in [4.69, 9.17) is 33.2 Å². The predicted octanol–water partition coefficient (Wildman–Crippen LogP) is 4.77. The molecule has 0 aliphatic carbocycles. The van der Waals surface area contributed by atoms with Gasteiger partial charge in [0, 0.05) is 41.4 Å². The number of hydrogen-bond acceptors (Lipinski definition) is 11. The number of ether oxygens (including phenoxy) is 7. The number of rotatable bonds is 17. The molecule has 2 aromatic rings. The highest BCUT2D eigenvalue weighted by atomic mass is 16.7. The van der Waals surface area contributed by atoms with Gasteiger partial charge in [0.05, 0.1) is 45.1 Å². The van der Waals surface area contributed by atoms with Crippen molar-refractivity contribution in [2.75, 3.05) is 67.7 Å². The van der Waals surface area contributed by atoms with Crippen LogP contribution in [0.25, 0.3) is 0 Å². The Labute approximate surface area is 289 Å². The highest BCUT2D eigenvalue weighted by Gasteiger charge is 2.56. The van der Waals surface area contributed by atoms with Gasteiger partial charge in [0.2, 0.25) is 0 Å². The number of piperazine rings is 1. The molecule has 11 nitrogen and oxygen atoms in total. The first-order valence-corrected chi connectivity index (χ1v) is 16.6. The smallest absolute Gasteiger partial charge is 0.189 e. The second kappa shape index (κ2) is 16.1. The molecule has 3 aliphatic heterocycles. The predicted molar refractivity (Wildman–Crippen MR) is 186 cm³/mol. The molecule has 3 aliphatic rings. The molecular weight excluding hydrogens is 626 g/mol. The third-order valence-electron chi connectivity index (χ3n) is 9.77. The molecule has 1 saturated heterocycles. The van der Waals surface area contributed by atoms with E-state index in [-0.39, 0.29) is 51.3 Å². The van der Waals surface area contributed by atoms with E-state index in [1.54, 1.807) is 32.4 Å². The van der Waals surface area contributed by atoms with Crippen LogP contribution in [0.2, 0.25) is 0 Å². The number of benzene rings is 2. The molecule has 0 radical (unpaired) electrons. The molecule has 5 atom stereocenters. The van der Waals surface area contributed by atoms with Crippen molar-refractivity contribution in [2.24, 2.45) is 0 Å². The Hall–Kier alpha value is -4.05. The third-order valence-corrected chi connectivity index (χ3v) is 9.77. The molecule has 11 heteroatoms. The van der Waals surface area contributed by atoms with E-state index in [2.05, 4.69) is 48.7 Å². The van der Waals surface area contributed by atoms with Crippen LogP contribution in [0.5, 0.6) is 28.7 Å². The average molecular weight is 676 g/mol. The fraction of sp³-hybridized carbons (Fsp3) is 0.500. The van der Waals surface area contributed by atoms with E-state index < -0.39 is 12.1 Å². The Bertz CT molecular complexity index is 1590. The lowest BCUT2D eigenvalue weighted by molar-refractivity contribution is -0.0837. The maximum Gasteiger partial charge on any atom is 0.189 e. The fourth-order valence-electron chi connectivity index (χ4n) is 7.90. The van der Waals surface area contributed by atoms with E-state index in [0.29, 0.717) is 54.8 Å². The Kier molecular flexibility index (Phi) is 11.9. The number of nitriles is 1. The van der Waals surface area contributed by atoms with Crippen molar-refractivity contribution in [2.45, 2.75) is 56.9 Å². The van der Waals surface area contributed by atoms with E-state index in [0.717, 1.165) is 33.4 Å². The highest BCUT2D eigenvalue weighted by molar-refractivity contribution is 5.66. The quantitative estimate of drug-likeness (QED) is 0.142. The Morgan fingerprint density at radius 3 is 2.14 bits per heavy atom. The van der Waals surface area contributed by atoms with Gasteiger partial charge in [-0.05, 0) is 44.9 Å². The van der Waals surface area contributed by atoms with Crippen molar-refractivity contribution in [3.05, 3.63) is 77.4 Å². The second-order valence-corrected chi connectivity index (χ2v) is 12.5. The first kappa shape index (κ1) is 36.2. The van der Waals surface area contributed by atoms with Gasteiger partial charge in [-0.3, -0.25) is 9.80 Å². The molecule has 1 unspecified atom stereocenters. The Morgan fingerprint density at radius 2 is 1.53 bits per heavy atom. The number of nitrogens with zero attached hydrogens (tertiary/aromatic N) is 3. The van der Waals surface area contributed by atoms with Crippen molar-refractivity contribution in [3.63, 3.8) is 0 Å². The molecule has 0 amide bonds. The summed E-state index contributed by atoms with van der Waals surface area (Å²) >= 11 is 0. The topological polar surface area (TPSA) is 115 Å². The molecule has 3 heterocycles. The standard InChI is InChI=1S/C38H49N3O8/c1-9-12-46-35-24(5)36(47-13-10-2)38(48-14-11-3)32-26(35)19-28-33-31-25(18-27(40(33)6)29(20-39)41(28)30(32)21-42)17-23(4)34(44-8)37(31)49-22-45-16-15-43-7/h9-11,17,27-30,33,42H,1-3,12-16,18-19,21-22H2,4-8H3/t27?,28-,29-,30-,33-/m0/s1. The molecule has 2 aromatic carbocycles. The normalized spacial score (nSPS) is 22.5. The number of hydrogen-bond donors (Lipinski definition) is 1. The summed E-state index contributed by atoms with van der Waals surface area (Å²) < 4.78 is 42.2. The summed E-state index contributed by atoms with van der Waals surface area (Å²) in [7, 11) is 5.34. The Balaban J connectivity index is 1.75. The van der Waals surface area contributed by atoms with E-state index in [1.807, 2.05) is 13.8 Å². The lowest BCUT2D eigenvalue weighted by atomic mass is 9.71. The molecule has 0 saturated carbocycles. The van der Waals surface area contributed by atoms with Gasteiger partial charge in [-0.25, -0.2) is 0 Å². The van der Waals surface area contributed by atoms with Gasteiger partial charge in [0.15, 0.2) is 29.8 Å². The van der Waals surface area contributed by atoms with Gasteiger partial charge in [-0.2, -0.15) is 5.26 Å². The molecule has 49 heavy (non-hydrogen) atoms. The number of fused-ring (bicyclic) bond motifs is 7. The minimum Gasteiger partial charge on any atom is -0.493 e. The van der Waals surface area contributed by atoms with Crippen LogP contribution in [-0.4, -0.2) is 101 Å². The summed E-state index contributed by atoms with van der Waals surface area (Å²) in [5.41, 5.74) is 5.44. The van der Waals surface area contributed by atoms with Crippen molar-refractivity contribution in [1.82, 2.24) is 9.80 Å². The lowest BCUT2D eigenvalue weighted by Crippen LogP contribution is -2.68. The average Bonchev–Trinajstić information content (AvgIpc) is 3.09. The molecule has 264 valence electrons. The summed E-state index contributed by atoms with van der Waals surface area (Å²) in [5.74, 6) is 2.92. The molecule has 2 bridgehead atoms. The van der Waals surface area contributed by atoms with Crippen LogP contribution in [0, 0.1) is 25.2 Å². The van der Waals surface area contributed by atoms with Crippen LogP contribution in [-0.2, 0) is 22.3 Å². The first-order valence-electron chi connectivity index (χ1n) is 16.6. The van der Waals surface area contributed by atoms with Gasteiger partial charge in [0.25, 0.3) is 0 Å². The molecule has 0 spiro atoms. The maximum atomic E-state index is 11.3. The molecule has 0 aromatic heterocycles. The summed E-state index contributed by atoms with van der Waals surface area (Å²) in [6.07, 6.45) is 6.14. The Morgan fingerprint density at radius 1 is 0.878 bits per heavy atom. The minimum absolute atomic E-state index is 0.0169. The molecule has 5 rings (SSSR count). The largest absolute Gasteiger partial charge is 0.493 e. The van der Waals surface area contributed by atoms with Gasteiger partial charge < -0.3 is 38.3 Å². The van der Waals surface area contributed by atoms with Crippen molar-refractivity contribution < 1.29 is 38.3 Å².